The summed E-state index contributed by atoms with van der Waals surface area (Å²) in [7, 11) is 2.99. The molecule has 2 aromatic carbocycles. The van der Waals surface area contributed by atoms with Crippen LogP contribution >= 0.6 is 11.8 Å². The zero-order valence-electron chi connectivity index (χ0n) is 13.9. The van der Waals surface area contributed by atoms with Crippen molar-refractivity contribution in [2.45, 2.75) is 12.7 Å². The van der Waals surface area contributed by atoms with Crippen molar-refractivity contribution in [2.24, 2.45) is 0 Å². The molecule has 0 saturated heterocycles. The quantitative estimate of drug-likeness (QED) is 0.820. The summed E-state index contributed by atoms with van der Waals surface area (Å²) in [6, 6.07) is 10.4. The molecule has 0 bridgehead atoms. The molecule has 0 radical (unpaired) electrons. The first-order valence-electron chi connectivity index (χ1n) is 7.38. The van der Waals surface area contributed by atoms with Crippen LogP contribution in [0.5, 0.6) is 11.5 Å². The maximum Gasteiger partial charge on any atom is 0.234 e. The number of benzene rings is 2. The smallest absolute Gasteiger partial charge is 0.234 e. The largest absolute Gasteiger partial charge is 0.495 e. The van der Waals surface area contributed by atoms with E-state index in [2.05, 4.69) is 5.32 Å². The molecule has 0 spiro atoms. The van der Waals surface area contributed by atoms with E-state index < -0.39 is 5.82 Å². The van der Waals surface area contributed by atoms with Gasteiger partial charge < -0.3 is 14.8 Å². The van der Waals surface area contributed by atoms with Gasteiger partial charge in [-0.05, 0) is 42.3 Å². The average molecular weight is 349 g/mol. The van der Waals surface area contributed by atoms with Crippen LogP contribution in [0.1, 0.15) is 11.1 Å². The van der Waals surface area contributed by atoms with Crippen LogP contribution in [0.25, 0.3) is 0 Å². The molecule has 0 atom stereocenters. The van der Waals surface area contributed by atoms with Crippen LogP contribution in [0.3, 0.4) is 0 Å². The van der Waals surface area contributed by atoms with E-state index in [0.29, 0.717) is 17.2 Å². The van der Waals surface area contributed by atoms with Gasteiger partial charge in [0.2, 0.25) is 5.91 Å². The van der Waals surface area contributed by atoms with E-state index in [1.165, 1.54) is 24.9 Å². The van der Waals surface area contributed by atoms with Crippen molar-refractivity contribution in [2.75, 3.05) is 25.3 Å². The number of rotatable bonds is 7. The molecule has 2 aromatic rings. The molecule has 0 unspecified atom stereocenters. The van der Waals surface area contributed by atoms with Crippen LogP contribution in [-0.4, -0.2) is 25.9 Å². The number of anilines is 1. The monoisotopic (exact) mass is 349 g/mol. The average Bonchev–Trinajstić information content (AvgIpc) is 2.55. The SMILES string of the molecule is COc1ccc(CSCC(=O)Nc2cc(C)ccc2OC)cc1F. The molecule has 24 heavy (non-hydrogen) atoms. The Morgan fingerprint density at radius 3 is 2.50 bits per heavy atom. The second-order valence-corrected chi connectivity index (χ2v) is 6.20. The van der Waals surface area contributed by atoms with Crippen molar-refractivity contribution >= 4 is 23.4 Å². The number of carbonyl (C=O) groups excluding carboxylic acids is 1. The second kappa shape index (κ2) is 8.59. The molecular formula is C18H20FNO3S. The first-order chi connectivity index (χ1) is 11.5. The molecule has 6 heteroatoms. The minimum Gasteiger partial charge on any atom is -0.495 e. The van der Waals surface area contributed by atoms with E-state index in [9.17, 15) is 9.18 Å². The van der Waals surface area contributed by atoms with Crippen LogP contribution in [-0.2, 0) is 10.5 Å². The second-order valence-electron chi connectivity index (χ2n) is 5.21. The number of aryl methyl sites for hydroxylation is 1. The van der Waals surface area contributed by atoms with E-state index in [-0.39, 0.29) is 17.4 Å². The minimum absolute atomic E-state index is 0.127. The first-order valence-corrected chi connectivity index (χ1v) is 8.53. The molecule has 1 N–H and O–H groups in total. The summed E-state index contributed by atoms with van der Waals surface area (Å²) >= 11 is 1.41. The lowest BCUT2D eigenvalue weighted by atomic mass is 10.2. The van der Waals surface area contributed by atoms with E-state index >= 15 is 0 Å². The van der Waals surface area contributed by atoms with E-state index in [4.69, 9.17) is 9.47 Å². The zero-order chi connectivity index (χ0) is 17.5. The zero-order valence-corrected chi connectivity index (χ0v) is 14.7. The number of amides is 1. The van der Waals surface area contributed by atoms with Crippen LogP contribution in [0.4, 0.5) is 10.1 Å². The highest BCUT2D eigenvalue weighted by atomic mass is 32.2. The van der Waals surface area contributed by atoms with Crippen LogP contribution in [0.2, 0.25) is 0 Å². The van der Waals surface area contributed by atoms with Gasteiger partial charge in [-0.3, -0.25) is 4.79 Å². The van der Waals surface area contributed by atoms with Gasteiger partial charge in [0.1, 0.15) is 5.75 Å². The van der Waals surface area contributed by atoms with Gasteiger partial charge >= 0.3 is 0 Å². The van der Waals surface area contributed by atoms with Gasteiger partial charge in [0.15, 0.2) is 11.6 Å². The van der Waals surface area contributed by atoms with Crippen molar-refractivity contribution in [3.05, 3.63) is 53.3 Å². The predicted molar refractivity (Wildman–Crippen MR) is 95.5 cm³/mol. The number of nitrogens with one attached hydrogen (secondary N) is 1. The van der Waals surface area contributed by atoms with Crippen molar-refractivity contribution in [1.29, 1.82) is 0 Å². The Bertz CT molecular complexity index is 721. The maximum absolute atomic E-state index is 13.6. The molecule has 0 aliphatic carbocycles. The number of carbonyl (C=O) groups is 1. The fourth-order valence-electron chi connectivity index (χ4n) is 2.17. The summed E-state index contributed by atoms with van der Waals surface area (Å²) in [4.78, 5) is 12.1. The molecule has 4 nitrogen and oxygen atoms in total. The third kappa shape index (κ3) is 4.89. The summed E-state index contributed by atoms with van der Waals surface area (Å²) in [5, 5.41) is 2.84. The number of methoxy groups -OCH3 is 2. The van der Waals surface area contributed by atoms with E-state index in [0.717, 1.165) is 11.1 Å². The summed E-state index contributed by atoms with van der Waals surface area (Å²) in [5.74, 6) is 1.12. The van der Waals surface area contributed by atoms with Gasteiger partial charge in [0.25, 0.3) is 0 Å². The Kier molecular flexibility index (Phi) is 6.49. The lowest BCUT2D eigenvalue weighted by Crippen LogP contribution is -2.15. The third-order valence-corrected chi connectivity index (χ3v) is 4.35. The molecule has 0 aromatic heterocycles. The van der Waals surface area contributed by atoms with Crippen LogP contribution in [0.15, 0.2) is 36.4 Å². The topological polar surface area (TPSA) is 47.6 Å². The van der Waals surface area contributed by atoms with E-state index in [1.807, 2.05) is 25.1 Å². The fraction of sp³-hybridized carbons (Fsp3) is 0.278. The minimum atomic E-state index is -0.399. The first kappa shape index (κ1) is 18.1. The molecule has 128 valence electrons. The summed E-state index contributed by atoms with van der Waals surface area (Å²) in [6.07, 6.45) is 0. The Labute approximate surface area is 145 Å². The molecule has 2 rings (SSSR count). The van der Waals surface area contributed by atoms with Crippen LogP contribution in [0, 0.1) is 12.7 Å². The fourth-order valence-corrected chi connectivity index (χ4v) is 2.94. The highest BCUT2D eigenvalue weighted by Crippen LogP contribution is 2.26. The Balaban J connectivity index is 1.88. The van der Waals surface area contributed by atoms with Crippen molar-refractivity contribution in [3.63, 3.8) is 0 Å². The normalized spacial score (nSPS) is 10.3. The Morgan fingerprint density at radius 2 is 1.83 bits per heavy atom. The molecule has 0 saturated carbocycles. The van der Waals surface area contributed by atoms with Gasteiger partial charge in [0, 0.05) is 5.75 Å². The van der Waals surface area contributed by atoms with Crippen molar-refractivity contribution in [3.8, 4) is 11.5 Å². The highest BCUT2D eigenvalue weighted by Gasteiger charge is 2.09. The summed E-state index contributed by atoms with van der Waals surface area (Å²) in [6.45, 7) is 1.95. The Morgan fingerprint density at radius 1 is 1.12 bits per heavy atom. The van der Waals surface area contributed by atoms with Gasteiger partial charge in [-0.15, -0.1) is 11.8 Å². The highest BCUT2D eigenvalue weighted by molar-refractivity contribution is 7.99. The number of halogens is 1. The van der Waals surface area contributed by atoms with Gasteiger partial charge in [0.05, 0.1) is 25.7 Å². The van der Waals surface area contributed by atoms with Gasteiger partial charge in [-0.25, -0.2) is 4.39 Å². The summed E-state index contributed by atoms with van der Waals surface area (Å²) < 4.78 is 23.7. The lowest BCUT2D eigenvalue weighted by molar-refractivity contribution is -0.113. The number of ether oxygens (including phenoxy) is 2. The predicted octanol–water partition coefficient (Wildman–Crippen LogP) is 4.02. The third-order valence-electron chi connectivity index (χ3n) is 3.35. The molecule has 0 aliphatic heterocycles. The molecular weight excluding hydrogens is 329 g/mol. The number of thioether (sulfide) groups is 1. The number of hydrogen-bond acceptors (Lipinski definition) is 4. The van der Waals surface area contributed by atoms with Gasteiger partial charge in [-0.1, -0.05) is 12.1 Å². The van der Waals surface area contributed by atoms with Crippen LogP contribution < -0.4 is 14.8 Å². The number of hydrogen-bond donors (Lipinski definition) is 1. The molecule has 0 aliphatic rings. The molecule has 0 heterocycles. The Hall–Kier alpha value is -2.21. The van der Waals surface area contributed by atoms with Crippen molar-refractivity contribution in [1.82, 2.24) is 0 Å². The van der Waals surface area contributed by atoms with E-state index in [1.54, 1.807) is 19.2 Å². The standard InChI is InChI=1S/C18H20FNO3S/c1-12-4-6-17(23-3)15(8-12)20-18(21)11-24-10-13-5-7-16(22-2)14(19)9-13/h4-9H,10-11H2,1-3H3,(H,20,21). The van der Waals surface area contributed by atoms with Gasteiger partial charge in [-0.2, -0.15) is 0 Å². The van der Waals surface area contributed by atoms with Crippen molar-refractivity contribution < 1.29 is 18.7 Å². The maximum atomic E-state index is 13.6. The molecule has 1 amide bonds. The molecule has 0 fully saturated rings. The summed E-state index contributed by atoms with van der Waals surface area (Å²) in [5.41, 5.74) is 2.49. The lowest BCUT2D eigenvalue weighted by Gasteiger charge is -2.11.